The third kappa shape index (κ3) is 2.77. The molecule has 5 rings (SSSR count). The fourth-order valence-electron chi connectivity index (χ4n) is 3.98. The van der Waals surface area contributed by atoms with E-state index >= 15 is 0 Å². The van der Waals surface area contributed by atoms with Crippen LogP contribution in [0.5, 0.6) is 5.88 Å². The number of nitrogens with zero attached hydrogens (tertiary/aromatic N) is 3. The molecule has 1 aliphatic rings. The Hall–Kier alpha value is -2.53. The van der Waals surface area contributed by atoms with Crippen molar-refractivity contribution in [3.63, 3.8) is 0 Å². The highest BCUT2D eigenvalue weighted by molar-refractivity contribution is 7.25. The lowest BCUT2D eigenvalue weighted by Crippen LogP contribution is -2.07. The van der Waals surface area contributed by atoms with Gasteiger partial charge in [-0.2, -0.15) is 0 Å². The lowest BCUT2D eigenvalue weighted by molar-refractivity contribution is 0.236. The van der Waals surface area contributed by atoms with Gasteiger partial charge < -0.3 is 4.74 Å². The Bertz CT molecular complexity index is 1130. The first-order chi connectivity index (χ1) is 13.2. The lowest BCUT2D eigenvalue weighted by Gasteiger charge is -2.20. The Labute approximate surface area is 162 Å². The minimum atomic E-state index is 0.0788. The van der Waals surface area contributed by atoms with Crippen LogP contribution in [0.2, 0.25) is 0 Å². The summed E-state index contributed by atoms with van der Waals surface area (Å²) in [7, 11) is 0. The monoisotopic (exact) mass is 375 g/mol. The fourth-order valence-corrected chi connectivity index (χ4v) is 5.07. The normalized spacial score (nSPS) is 14.0. The highest BCUT2D eigenvalue weighted by Gasteiger charge is 2.24. The van der Waals surface area contributed by atoms with Gasteiger partial charge in [-0.15, -0.1) is 11.3 Å². The van der Waals surface area contributed by atoms with Crippen LogP contribution >= 0.6 is 11.3 Å². The van der Waals surface area contributed by atoms with Crippen molar-refractivity contribution in [1.82, 2.24) is 15.0 Å². The van der Waals surface area contributed by atoms with E-state index in [-0.39, 0.29) is 6.10 Å². The summed E-state index contributed by atoms with van der Waals surface area (Å²) in [6, 6.07) is 10.5. The maximum Gasteiger partial charge on any atom is 0.235 e. The molecule has 3 heterocycles. The first-order valence-corrected chi connectivity index (χ1v) is 10.3. The standard InChI is InChI=1S/C22H21N3OS/c1-13(2)26-21-20-19(23-12-24-21)17-15-10-6-7-11-16(15)18(25-22(17)27-20)14-8-4-3-5-9-14/h3-5,8-9,12-13H,6-7,10-11H2,1-2H3. The number of thiophene rings is 1. The van der Waals surface area contributed by atoms with Crippen LogP contribution in [0.3, 0.4) is 0 Å². The number of ether oxygens (including phenoxy) is 1. The van der Waals surface area contributed by atoms with Gasteiger partial charge in [-0.05, 0) is 50.7 Å². The topological polar surface area (TPSA) is 47.9 Å². The fraction of sp³-hybridized carbons (Fsp3) is 0.318. The molecule has 0 radical (unpaired) electrons. The Morgan fingerprint density at radius 3 is 2.56 bits per heavy atom. The number of pyridine rings is 1. The maximum atomic E-state index is 5.95. The van der Waals surface area contributed by atoms with Crippen LogP contribution in [-0.4, -0.2) is 21.1 Å². The minimum absolute atomic E-state index is 0.0788. The van der Waals surface area contributed by atoms with Gasteiger partial charge >= 0.3 is 0 Å². The van der Waals surface area contributed by atoms with E-state index in [0.717, 1.165) is 33.6 Å². The van der Waals surface area contributed by atoms with Crippen molar-refractivity contribution in [2.75, 3.05) is 0 Å². The van der Waals surface area contributed by atoms with Crippen molar-refractivity contribution < 1.29 is 4.74 Å². The van der Waals surface area contributed by atoms with Crippen LogP contribution in [0.15, 0.2) is 36.7 Å². The van der Waals surface area contributed by atoms with Gasteiger partial charge in [-0.25, -0.2) is 15.0 Å². The van der Waals surface area contributed by atoms with E-state index in [1.807, 2.05) is 13.8 Å². The van der Waals surface area contributed by atoms with Gasteiger partial charge in [0.05, 0.1) is 17.3 Å². The molecule has 1 aromatic carbocycles. The summed E-state index contributed by atoms with van der Waals surface area (Å²) in [5.74, 6) is 0.670. The molecule has 0 saturated heterocycles. The average Bonchev–Trinajstić information content (AvgIpc) is 3.07. The Morgan fingerprint density at radius 1 is 1.00 bits per heavy atom. The summed E-state index contributed by atoms with van der Waals surface area (Å²) in [5.41, 5.74) is 6.13. The van der Waals surface area contributed by atoms with E-state index in [4.69, 9.17) is 9.72 Å². The van der Waals surface area contributed by atoms with Gasteiger partial charge in [0.15, 0.2) is 0 Å². The Balaban J connectivity index is 1.84. The van der Waals surface area contributed by atoms with E-state index in [0.29, 0.717) is 5.88 Å². The van der Waals surface area contributed by atoms with Crippen molar-refractivity contribution in [2.45, 2.75) is 45.6 Å². The molecular weight excluding hydrogens is 354 g/mol. The van der Waals surface area contributed by atoms with E-state index < -0.39 is 0 Å². The summed E-state index contributed by atoms with van der Waals surface area (Å²) < 4.78 is 6.95. The average molecular weight is 375 g/mol. The minimum Gasteiger partial charge on any atom is -0.474 e. The van der Waals surface area contributed by atoms with Crippen LogP contribution in [0.25, 0.3) is 31.7 Å². The molecule has 5 heteroatoms. The molecule has 0 fully saturated rings. The van der Waals surface area contributed by atoms with Gasteiger partial charge in [-0.1, -0.05) is 30.3 Å². The summed E-state index contributed by atoms with van der Waals surface area (Å²) in [5, 5.41) is 1.21. The highest BCUT2D eigenvalue weighted by atomic mass is 32.1. The molecule has 0 N–H and O–H groups in total. The van der Waals surface area contributed by atoms with Crippen LogP contribution in [0.1, 0.15) is 37.8 Å². The molecule has 4 nitrogen and oxygen atoms in total. The molecule has 27 heavy (non-hydrogen) atoms. The van der Waals surface area contributed by atoms with Crippen molar-refractivity contribution in [3.8, 4) is 17.1 Å². The first kappa shape index (κ1) is 16.6. The molecule has 0 atom stereocenters. The number of aromatic nitrogens is 3. The molecule has 0 amide bonds. The number of aryl methyl sites for hydroxylation is 1. The zero-order valence-corrected chi connectivity index (χ0v) is 16.3. The third-order valence-electron chi connectivity index (χ3n) is 5.08. The number of hydrogen-bond donors (Lipinski definition) is 0. The number of benzene rings is 1. The van der Waals surface area contributed by atoms with Crippen LogP contribution in [0, 0.1) is 0 Å². The van der Waals surface area contributed by atoms with Crippen molar-refractivity contribution in [1.29, 1.82) is 0 Å². The Kier molecular flexibility index (Phi) is 4.05. The first-order valence-electron chi connectivity index (χ1n) is 9.53. The summed E-state index contributed by atoms with van der Waals surface area (Å²) in [6.07, 6.45) is 6.31. The molecule has 0 bridgehead atoms. The van der Waals surface area contributed by atoms with Gasteiger partial charge in [0, 0.05) is 10.9 Å². The molecular formula is C22H21N3OS. The van der Waals surface area contributed by atoms with Gasteiger partial charge in [0.25, 0.3) is 0 Å². The van der Waals surface area contributed by atoms with Crippen LogP contribution in [-0.2, 0) is 12.8 Å². The second-order valence-electron chi connectivity index (χ2n) is 7.30. The molecule has 0 unspecified atom stereocenters. The quantitative estimate of drug-likeness (QED) is 0.469. The van der Waals surface area contributed by atoms with Crippen molar-refractivity contribution in [3.05, 3.63) is 47.8 Å². The number of hydrogen-bond acceptors (Lipinski definition) is 5. The predicted molar refractivity (Wildman–Crippen MR) is 111 cm³/mol. The summed E-state index contributed by atoms with van der Waals surface area (Å²) in [4.78, 5) is 15.2. The maximum absolute atomic E-state index is 5.95. The molecule has 0 saturated carbocycles. The van der Waals surface area contributed by atoms with E-state index in [9.17, 15) is 0 Å². The SMILES string of the molecule is CC(C)Oc1ncnc2c1sc1nc(-c3ccccc3)c3c(c12)CCCC3. The predicted octanol–water partition coefficient (Wildman–Crippen LogP) is 5.57. The molecule has 0 spiro atoms. The number of fused-ring (bicyclic) bond motifs is 5. The van der Waals surface area contributed by atoms with Crippen LogP contribution in [0.4, 0.5) is 0 Å². The van der Waals surface area contributed by atoms with Gasteiger partial charge in [0.2, 0.25) is 5.88 Å². The van der Waals surface area contributed by atoms with E-state index in [1.54, 1.807) is 17.7 Å². The highest BCUT2D eigenvalue weighted by Crippen LogP contribution is 2.43. The van der Waals surface area contributed by atoms with Gasteiger partial charge in [-0.3, -0.25) is 0 Å². The number of rotatable bonds is 3. The molecule has 1 aliphatic carbocycles. The molecule has 3 aromatic heterocycles. The zero-order valence-electron chi connectivity index (χ0n) is 15.5. The second kappa shape index (κ2) is 6.57. The smallest absolute Gasteiger partial charge is 0.235 e. The lowest BCUT2D eigenvalue weighted by atomic mass is 9.87. The zero-order chi connectivity index (χ0) is 18.4. The molecule has 0 aliphatic heterocycles. The van der Waals surface area contributed by atoms with E-state index in [2.05, 4.69) is 40.3 Å². The van der Waals surface area contributed by atoms with Crippen molar-refractivity contribution in [2.24, 2.45) is 0 Å². The largest absolute Gasteiger partial charge is 0.474 e. The molecule has 136 valence electrons. The molecule has 4 aromatic rings. The second-order valence-corrected chi connectivity index (χ2v) is 8.30. The summed E-state index contributed by atoms with van der Waals surface area (Å²) >= 11 is 1.65. The summed E-state index contributed by atoms with van der Waals surface area (Å²) in [6.45, 7) is 4.05. The van der Waals surface area contributed by atoms with E-state index in [1.165, 1.54) is 34.9 Å². The third-order valence-corrected chi connectivity index (χ3v) is 6.14. The van der Waals surface area contributed by atoms with Crippen LogP contribution < -0.4 is 4.74 Å². The van der Waals surface area contributed by atoms with Crippen molar-refractivity contribution >= 4 is 31.8 Å². The van der Waals surface area contributed by atoms with Gasteiger partial charge in [0.1, 0.15) is 15.9 Å². The Morgan fingerprint density at radius 2 is 1.78 bits per heavy atom.